The van der Waals surface area contributed by atoms with E-state index in [-0.39, 0.29) is 13.2 Å². The van der Waals surface area contributed by atoms with Crippen LogP contribution in [0.25, 0.3) is 0 Å². The van der Waals surface area contributed by atoms with Crippen LogP contribution in [0, 0.1) is 12.3 Å². The van der Waals surface area contributed by atoms with E-state index in [0.717, 1.165) is 23.5 Å². The Morgan fingerprint density at radius 3 is 2.29 bits per heavy atom. The number of ether oxygens (including phenoxy) is 1. The Balaban J connectivity index is 1.86. The van der Waals surface area contributed by atoms with E-state index in [1.807, 2.05) is 48.5 Å². The molecule has 0 aromatic heterocycles. The maximum Gasteiger partial charge on any atom is 0.148 e. The molecule has 0 saturated heterocycles. The fraction of sp³-hybridized carbons (Fsp3) is 0.222. The molecule has 0 aliphatic rings. The van der Waals surface area contributed by atoms with Gasteiger partial charge in [-0.05, 0) is 41.8 Å². The summed E-state index contributed by atoms with van der Waals surface area (Å²) in [4.78, 5) is 0. The van der Waals surface area contributed by atoms with Crippen LogP contribution in [0.15, 0.2) is 48.5 Å². The molecule has 3 heteroatoms. The van der Waals surface area contributed by atoms with E-state index >= 15 is 0 Å². The van der Waals surface area contributed by atoms with E-state index in [2.05, 4.69) is 11.2 Å². The minimum absolute atomic E-state index is 0.181. The molecule has 0 aliphatic heterocycles. The summed E-state index contributed by atoms with van der Waals surface area (Å²) in [6.07, 6.45) is 5.84. The normalized spacial score (nSPS) is 9.90. The third kappa shape index (κ3) is 4.87. The molecular formula is C18H19NO2. The number of terminal acetylenes is 1. The topological polar surface area (TPSA) is 41.5 Å². The van der Waals surface area contributed by atoms with Gasteiger partial charge in [0, 0.05) is 18.8 Å². The van der Waals surface area contributed by atoms with Crippen molar-refractivity contribution >= 4 is 5.69 Å². The van der Waals surface area contributed by atoms with Gasteiger partial charge in [-0.1, -0.05) is 30.2 Å². The zero-order valence-electron chi connectivity index (χ0n) is 11.9. The van der Waals surface area contributed by atoms with E-state index in [1.54, 1.807) is 0 Å². The summed E-state index contributed by atoms with van der Waals surface area (Å²) < 4.78 is 5.33. The number of hydrogen-bond donors (Lipinski definition) is 2. The molecule has 0 amide bonds. The summed E-state index contributed by atoms with van der Waals surface area (Å²) in [7, 11) is 0. The third-order valence-electron chi connectivity index (χ3n) is 3.10. The van der Waals surface area contributed by atoms with Crippen LogP contribution in [0.4, 0.5) is 5.69 Å². The van der Waals surface area contributed by atoms with Gasteiger partial charge in [0.1, 0.15) is 12.4 Å². The van der Waals surface area contributed by atoms with Gasteiger partial charge >= 0.3 is 0 Å². The second-order valence-electron chi connectivity index (χ2n) is 4.66. The van der Waals surface area contributed by atoms with E-state index in [9.17, 15) is 0 Å². The van der Waals surface area contributed by atoms with Crippen molar-refractivity contribution in [3.8, 4) is 18.1 Å². The molecule has 2 aromatic carbocycles. The van der Waals surface area contributed by atoms with E-state index < -0.39 is 0 Å². The molecule has 0 unspecified atom stereocenters. The monoisotopic (exact) mass is 281 g/mol. The van der Waals surface area contributed by atoms with Crippen molar-refractivity contribution < 1.29 is 9.84 Å². The summed E-state index contributed by atoms with van der Waals surface area (Å²) in [6, 6.07) is 15.9. The molecule has 3 nitrogen and oxygen atoms in total. The summed E-state index contributed by atoms with van der Waals surface area (Å²) in [6.45, 7) is 1.22. The first-order chi connectivity index (χ1) is 10.3. The van der Waals surface area contributed by atoms with Crippen LogP contribution in [0.1, 0.15) is 11.1 Å². The fourth-order valence-corrected chi connectivity index (χ4v) is 1.95. The van der Waals surface area contributed by atoms with Crippen LogP contribution in [-0.4, -0.2) is 18.3 Å². The zero-order chi connectivity index (χ0) is 14.9. The lowest BCUT2D eigenvalue weighted by molar-refractivity contribution is 0.299. The average molecular weight is 281 g/mol. The summed E-state index contributed by atoms with van der Waals surface area (Å²) in [5.41, 5.74) is 3.37. The van der Waals surface area contributed by atoms with Crippen LogP contribution < -0.4 is 10.1 Å². The second-order valence-corrected chi connectivity index (χ2v) is 4.66. The Morgan fingerprint density at radius 1 is 1.00 bits per heavy atom. The smallest absolute Gasteiger partial charge is 0.148 e. The van der Waals surface area contributed by atoms with Gasteiger partial charge < -0.3 is 15.2 Å². The highest BCUT2D eigenvalue weighted by Gasteiger charge is 1.97. The molecule has 2 N–H and O–H groups in total. The fourth-order valence-electron chi connectivity index (χ4n) is 1.95. The van der Waals surface area contributed by atoms with Crippen LogP contribution in [0.2, 0.25) is 0 Å². The van der Waals surface area contributed by atoms with Crippen molar-refractivity contribution in [2.45, 2.75) is 13.0 Å². The van der Waals surface area contributed by atoms with Crippen LogP contribution in [0.5, 0.6) is 5.75 Å². The molecule has 0 atom stereocenters. The predicted octanol–water partition coefficient (Wildman–Crippen LogP) is 2.85. The average Bonchev–Trinajstić information content (AvgIpc) is 2.53. The number of nitrogens with one attached hydrogen (secondary N) is 1. The van der Waals surface area contributed by atoms with Crippen molar-refractivity contribution in [3.63, 3.8) is 0 Å². The van der Waals surface area contributed by atoms with Crippen molar-refractivity contribution in [1.82, 2.24) is 0 Å². The van der Waals surface area contributed by atoms with Crippen molar-refractivity contribution in [2.75, 3.05) is 18.5 Å². The van der Waals surface area contributed by atoms with Crippen molar-refractivity contribution in [1.29, 1.82) is 0 Å². The highest BCUT2D eigenvalue weighted by molar-refractivity contribution is 5.45. The minimum atomic E-state index is 0.181. The maximum absolute atomic E-state index is 8.88. The third-order valence-corrected chi connectivity index (χ3v) is 3.10. The lowest BCUT2D eigenvalue weighted by atomic mass is 10.1. The number of benzene rings is 2. The predicted molar refractivity (Wildman–Crippen MR) is 85.3 cm³/mol. The molecule has 108 valence electrons. The molecule has 0 spiro atoms. The Labute approximate surface area is 125 Å². The van der Waals surface area contributed by atoms with Gasteiger partial charge in [0.05, 0.1) is 0 Å². The first-order valence-electron chi connectivity index (χ1n) is 6.90. The molecule has 2 aromatic rings. The Kier molecular flexibility index (Phi) is 5.69. The van der Waals surface area contributed by atoms with Crippen LogP contribution in [0.3, 0.4) is 0 Å². The molecule has 0 heterocycles. The zero-order valence-corrected chi connectivity index (χ0v) is 11.9. The van der Waals surface area contributed by atoms with Gasteiger partial charge in [0.25, 0.3) is 0 Å². The van der Waals surface area contributed by atoms with E-state index in [0.29, 0.717) is 6.42 Å². The quantitative estimate of drug-likeness (QED) is 0.767. The summed E-state index contributed by atoms with van der Waals surface area (Å²) in [5, 5.41) is 12.2. The number of aliphatic hydroxyl groups is 1. The molecule has 2 rings (SSSR count). The molecule has 0 aliphatic carbocycles. The van der Waals surface area contributed by atoms with Crippen molar-refractivity contribution in [3.05, 3.63) is 59.7 Å². The highest BCUT2D eigenvalue weighted by Crippen LogP contribution is 2.15. The molecule has 0 fully saturated rings. The summed E-state index contributed by atoms with van der Waals surface area (Å²) in [5.74, 6) is 3.22. The Hall–Kier alpha value is -2.44. The highest BCUT2D eigenvalue weighted by atomic mass is 16.5. The molecule has 21 heavy (non-hydrogen) atoms. The number of hydrogen-bond acceptors (Lipinski definition) is 3. The first-order valence-corrected chi connectivity index (χ1v) is 6.90. The number of aliphatic hydroxyl groups excluding tert-OH is 1. The molecule has 0 bridgehead atoms. The Morgan fingerprint density at radius 2 is 1.67 bits per heavy atom. The van der Waals surface area contributed by atoms with Gasteiger partial charge in [-0.25, -0.2) is 0 Å². The largest absolute Gasteiger partial charge is 0.481 e. The van der Waals surface area contributed by atoms with Crippen LogP contribution >= 0.6 is 0 Å². The molecular weight excluding hydrogens is 262 g/mol. The number of rotatable bonds is 7. The van der Waals surface area contributed by atoms with E-state index in [4.69, 9.17) is 16.3 Å². The van der Waals surface area contributed by atoms with Crippen molar-refractivity contribution in [2.24, 2.45) is 0 Å². The van der Waals surface area contributed by atoms with Gasteiger partial charge in [0.2, 0.25) is 0 Å². The summed E-state index contributed by atoms with van der Waals surface area (Å²) >= 11 is 0. The van der Waals surface area contributed by atoms with Gasteiger partial charge in [-0.15, -0.1) is 6.42 Å². The van der Waals surface area contributed by atoms with Gasteiger partial charge in [0.15, 0.2) is 0 Å². The first kappa shape index (κ1) is 15.0. The number of anilines is 1. The van der Waals surface area contributed by atoms with Gasteiger partial charge in [-0.3, -0.25) is 0 Å². The standard InChI is InChI=1S/C18H19NO2/c1-2-13-21-18-9-5-16(6-10-18)14-19-17-7-3-15(4-8-17)11-12-20/h1,3-10,19-20H,11-14H2. The minimum Gasteiger partial charge on any atom is -0.481 e. The van der Waals surface area contributed by atoms with Crippen LogP contribution in [-0.2, 0) is 13.0 Å². The Bertz CT molecular complexity index is 582. The van der Waals surface area contributed by atoms with Gasteiger partial charge in [-0.2, -0.15) is 0 Å². The molecule has 0 saturated carbocycles. The second kappa shape index (κ2) is 7.98. The maximum atomic E-state index is 8.88. The lowest BCUT2D eigenvalue weighted by Gasteiger charge is -2.08. The SMILES string of the molecule is C#CCOc1ccc(CNc2ccc(CCO)cc2)cc1. The lowest BCUT2D eigenvalue weighted by Crippen LogP contribution is -2.00. The van der Waals surface area contributed by atoms with E-state index in [1.165, 1.54) is 5.56 Å². The molecule has 0 radical (unpaired) electrons.